The highest BCUT2D eigenvalue weighted by molar-refractivity contribution is 6.11. The number of nitro benzene ring substituents is 2. The number of halogens is 3. The highest BCUT2D eigenvalue weighted by atomic mass is 19.4. The highest BCUT2D eigenvalue weighted by Crippen LogP contribution is 2.39. The van der Waals surface area contributed by atoms with Crippen molar-refractivity contribution in [2.24, 2.45) is 0 Å². The van der Waals surface area contributed by atoms with E-state index < -0.39 is 49.9 Å². The van der Waals surface area contributed by atoms with Gasteiger partial charge in [-0.1, -0.05) is 6.07 Å². The lowest BCUT2D eigenvalue weighted by Crippen LogP contribution is -2.16. The Morgan fingerprint density at radius 1 is 1.04 bits per heavy atom. The van der Waals surface area contributed by atoms with Gasteiger partial charge in [0.05, 0.1) is 17.0 Å². The van der Waals surface area contributed by atoms with Gasteiger partial charge in [-0.05, 0) is 18.2 Å². The lowest BCUT2D eigenvalue weighted by atomic mass is 9.96. The van der Waals surface area contributed by atoms with Crippen LogP contribution in [0.15, 0.2) is 36.4 Å². The predicted molar refractivity (Wildman–Crippen MR) is 81.2 cm³/mol. The van der Waals surface area contributed by atoms with E-state index >= 15 is 0 Å². The lowest BCUT2D eigenvalue weighted by molar-refractivity contribution is -0.388. The minimum Gasteiger partial charge on any atom is -0.490 e. The molecule has 11 heteroatoms. The van der Waals surface area contributed by atoms with Crippen LogP contribution in [-0.4, -0.2) is 22.7 Å². The number of nitro groups is 2. The van der Waals surface area contributed by atoms with Crippen LogP contribution in [0.4, 0.5) is 24.5 Å². The molecule has 0 aliphatic carbocycles. The minimum absolute atomic E-state index is 0.193. The average Bonchev–Trinajstić information content (AvgIpc) is 2.58. The van der Waals surface area contributed by atoms with Gasteiger partial charge < -0.3 is 4.74 Å². The van der Waals surface area contributed by atoms with Crippen LogP contribution in [0, 0.1) is 20.2 Å². The van der Waals surface area contributed by atoms with E-state index in [0.29, 0.717) is 6.07 Å². The first-order valence-corrected chi connectivity index (χ1v) is 6.79. The first-order valence-electron chi connectivity index (χ1n) is 6.79. The molecular weight excluding hydrogens is 361 g/mol. The Balaban J connectivity index is 2.68. The molecule has 0 saturated heterocycles. The van der Waals surface area contributed by atoms with E-state index in [9.17, 15) is 38.2 Å². The van der Waals surface area contributed by atoms with E-state index in [0.717, 1.165) is 37.4 Å². The molecule has 0 bridgehead atoms. The number of rotatable bonds is 5. The van der Waals surface area contributed by atoms with Gasteiger partial charge in [0.15, 0.2) is 11.5 Å². The summed E-state index contributed by atoms with van der Waals surface area (Å²) in [4.78, 5) is 32.3. The molecule has 0 radical (unpaired) electrons. The van der Waals surface area contributed by atoms with Crippen molar-refractivity contribution in [2.75, 3.05) is 7.11 Å². The third-order valence-electron chi connectivity index (χ3n) is 3.40. The normalized spacial score (nSPS) is 11.1. The molecule has 8 nitrogen and oxygen atoms in total. The fourth-order valence-electron chi connectivity index (χ4n) is 2.31. The summed E-state index contributed by atoms with van der Waals surface area (Å²) in [6.45, 7) is 0. The molecule has 0 N–H and O–H groups in total. The number of carbonyl (C=O) groups is 1. The number of ether oxygens (including phenoxy) is 1. The fraction of sp³-hybridized carbons (Fsp3) is 0.133. The van der Waals surface area contributed by atoms with E-state index in [-0.39, 0.29) is 5.75 Å². The minimum atomic E-state index is -5.17. The maximum atomic E-state index is 13.3. The summed E-state index contributed by atoms with van der Waals surface area (Å²) in [5.74, 6) is -1.44. The summed E-state index contributed by atoms with van der Waals surface area (Å²) in [6, 6.07) is 5.16. The van der Waals surface area contributed by atoms with Gasteiger partial charge in [0.2, 0.25) is 0 Å². The number of hydrogen-bond acceptors (Lipinski definition) is 6. The van der Waals surface area contributed by atoms with Crippen molar-refractivity contribution in [3.8, 4) is 5.75 Å². The van der Waals surface area contributed by atoms with E-state index in [4.69, 9.17) is 4.74 Å². The van der Waals surface area contributed by atoms with Crippen molar-refractivity contribution in [3.63, 3.8) is 0 Å². The summed E-state index contributed by atoms with van der Waals surface area (Å²) >= 11 is 0. The Kier molecular flexibility index (Phi) is 4.91. The molecule has 136 valence electrons. The van der Waals surface area contributed by atoms with Crippen molar-refractivity contribution >= 4 is 17.2 Å². The smallest absolute Gasteiger partial charge is 0.423 e. The van der Waals surface area contributed by atoms with Gasteiger partial charge >= 0.3 is 11.9 Å². The Hall–Kier alpha value is -3.50. The number of alkyl halides is 3. The van der Waals surface area contributed by atoms with Crippen molar-refractivity contribution < 1.29 is 32.5 Å². The topological polar surface area (TPSA) is 113 Å². The summed E-state index contributed by atoms with van der Waals surface area (Å²) in [5.41, 5.74) is -5.05. The standard InChI is InChI=1S/C15H9F3N2O6/c1-26-12-6-5-8(7-11(12)20(24)25)14(21)9-3-2-4-10(19(22)23)13(9)15(16,17)18/h2-7H,1H3. The van der Waals surface area contributed by atoms with Gasteiger partial charge in [-0.25, -0.2) is 0 Å². The first-order chi connectivity index (χ1) is 12.1. The molecule has 0 aromatic heterocycles. The van der Waals surface area contributed by atoms with Crippen LogP contribution in [0.5, 0.6) is 5.75 Å². The molecule has 0 aliphatic rings. The zero-order valence-corrected chi connectivity index (χ0v) is 12.9. The number of hydrogen-bond donors (Lipinski definition) is 0. The molecule has 0 amide bonds. The van der Waals surface area contributed by atoms with Crippen LogP contribution in [0.3, 0.4) is 0 Å². The molecule has 0 fully saturated rings. The van der Waals surface area contributed by atoms with Gasteiger partial charge in [-0.3, -0.25) is 25.0 Å². The van der Waals surface area contributed by atoms with Crippen LogP contribution < -0.4 is 4.74 Å². The van der Waals surface area contributed by atoms with Crippen LogP contribution in [-0.2, 0) is 6.18 Å². The summed E-state index contributed by atoms with van der Waals surface area (Å²) in [6.07, 6.45) is -5.17. The van der Waals surface area contributed by atoms with E-state index in [1.807, 2.05) is 0 Å². The van der Waals surface area contributed by atoms with Crippen LogP contribution in [0.25, 0.3) is 0 Å². The molecule has 2 aromatic carbocycles. The molecule has 0 atom stereocenters. The number of benzene rings is 2. The number of carbonyl (C=O) groups excluding carboxylic acids is 1. The molecule has 0 heterocycles. The molecule has 2 aromatic rings. The van der Waals surface area contributed by atoms with Crippen LogP contribution in [0.2, 0.25) is 0 Å². The monoisotopic (exact) mass is 370 g/mol. The molecular formula is C15H9F3N2O6. The second-order valence-corrected chi connectivity index (χ2v) is 4.93. The second kappa shape index (κ2) is 6.78. The Bertz CT molecular complexity index is 911. The van der Waals surface area contributed by atoms with E-state index in [2.05, 4.69) is 0 Å². The van der Waals surface area contributed by atoms with Gasteiger partial charge in [-0.2, -0.15) is 13.2 Å². The predicted octanol–water partition coefficient (Wildman–Crippen LogP) is 3.76. The Morgan fingerprint density at radius 3 is 2.15 bits per heavy atom. The number of ketones is 1. The number of methoxy groups -OCH3 is 1. The first kappa shape index (κ1) is 18.8. The number of nitrogens with zero attached hydrogens (tertiary/aromatic N) is 2. The summed E-state index contributed by atoms with van der Waals surface area (Å²) < 4.78 is 44.6. The fourth-order valence-corrected chi connectivity index (χ4v) is 2.31. The molecule has 26 heavy (non-hydrogen) atoms. The average molecular weight is 370 g/mol. The van der Waals surface area contributed by atoms with Gasteiger partial charge in [0, 0.05) is 23.3 Å². The Labute approximate surface area is 143 Å². The van der Waals surface area contributed by atoms with Gasteiger partial charge in [0.1, 0.15) is 5.56 Å². The van der Waals surface area contributed by atoms with Crippen molar-refractivity contribution in [1.29, 1.82) is 0 Å². The van der Waals surface area contributed by atoms with Crippen molar-refractivity contribution in [2.45, 2.75) is 6.18 Å². The maximum Gasteiger partial charge on any atom is 0.423 e. The lowest BCUT2D eigenvalue weighted by Gasteiger charge is -2.12. The summed E-state index contributed by atoms with van der Waals surface area (Å²) in [5, 5.41) is 21.9. The zero-order valence-electron chi connectivity index (χ0n) is 12.9. The van der Waals surface area contributed by atoms with Crippen molar-refractivity contribution in [3.05, 3.63) is 73.3 Å². The largest absolute Gasteiger partial charge is 0.490 e. The van der Waals surface area contributed by atoms with Crippen LogP contribution >= 0.6 is 0 Å². The van der Waals surface area contributed by atoms with Crippen molar-refractivity contribution in [1.82, 2.24) is 0 Å². The summed E-state index contributed by atoms with van der Waals surface area (Å²) in [7, 11) is 1.14. The molecule has 2 rings (SSSR count). The zero-order chi connectivity index (χ0) is 19.6. The van der Waals surface area contributed by atoms with E-state index in [1.54, 1.807) is 0 Å². The Morgan fingerprint density at radius 2 is 1.65 bits per heavy atom. The van der Waals surface area contributed by atoms with Gasteiger partial charge in [0.25, 0.3) is 5.69 Å². The third-order valence-corrected chi connectivity index (χ3v) is 3.40. The second-order valence-electron chi connectivity index (χ2n) is 4.93. The SMILES string of the molecule is COc1ccc(C(=O)c2cccc([N+](=O)[O-])c2C(F)(F)F)cc1[N+](=O)[O-]. The van der Waals surface area contributed by atoms with Crippen LogP contribution in [0.1, 0.15) is 21.5 Å². The molecule has 0 unspecified atom stereocenters. The maximum absolute atomic E-state index is 13.3. The molecule has 0 aliphatic heterocycles. The van der Waals surface area contributed by atoms with E-state index in [1.165, 1.54) is 0 Å². The quantitative estimate of drug-likeness (QED) is 0.450. The third kappa shape index (κ3) is 3.45. The highest BCUT2D eigenvalue weighted by Gasteiger charge is 2.42. The molecule has 0 saturated carbocycles. The molecule has 0 spiro atoms. The van der Waals surface area contributed by atoms with Gasteiger partial charge in [-0.15, -0.1) is 0 Å².